The van der Waals surface area contributed by atoms with E-state index in [1.54, 1.807) is 44.6 Å². The molecule has 0 saturated heterocycles. The molecule has 0 bridgehead atoms. The van der Waals surface area contributed by atoms with Crippen LogP contribution in [0.4, 0.5) is 6.01 Å². The maximum Gasteiger partial charge on any atom is 0.335 e. The Bertz CT molecular complexity index is 883. The van der Waals surface area contributed by atoms with Gasteiger partial charge >= 0.3 is 12.0 Å². The molecular formula is C18H17N3O5. The van der Waals surface area contributed by atoms with Gasteiger partial charge in [0.15, 0.2) is 0 Å². The molecule has 0 unspecified atom stereocenters. The molecule has 2 N–H and O–H groups in total. The summed E-state index contributed by atoms with van der Waals surface area (Å²) in [5, 5.41) is 19.9. The molecule has 134 valence electrons. The first kappa shape index (κ1) is 17.3. The van der Waals surface area contributed by atoms with E-state index in [1.807, 2.05) is 0 Å². The standard InChI is InChI=1S/C18H17N3O5/c1-24-13-4-3-5-14(25-2)15(13)16-20-21-18(26-16)19-10-11-6-8-12(9-7-11)17(22)23/h3-9H,10H2,1-2H3,(H,19,21)(H,22,23). The van der Waals surface area contributed by atoms with Crippen molar-refractivity contribution in [1.29, 1.82) is 0 Å². The fourth-order valence-corrected chi connectivity index (χ4v) is 2.40. The van der Waals surface area contributed by atoms with Crippen LogP contribution in [0.3, 0.4) is 0 Å². The van der Waals surface area contributed by atoms with Crippen LogP contribution in [0.15, 0.2) is 46.9 Å². The van der Waals surface area contributed by atoms with Gasteiger partial charge in [-0.1, -0.05) is 23.3 Å². The van der Waals surface area contributed by atoms with E-state index >= 15 is 0 Å². The molecular weight excluding hydrogens is 338 g/mol. The molecule has 0 aliphatic rings. The zero-order valence-electron chi connectivity index (χ0n) is 14.2. The van der Waals surface area contributed by atoms with E-state index in [2.05, 4.69) is 15.5 Å². The van der Waals surface area contributed by atoms with Gasteiger partial charge in [-0.15, -0.1) is 5.10 Å². The molecule has 0 amide bonds. The first-order valence-corrected chi connectivity index (χ1v) is 7.73. The summed E-state index contributed by atoms with van der Waals surface area (Å²) in [7, 11) is 3.10. The number of ether oxygens (including phenoxy) is 2. The summed E-state index contributed by atoms with van der Waals surface area (Å²) in [6, 6.07) is 12.1. The van der Waals surface area contributed by atoms with Gasteiger partial charge in [-0.05, 0) is 29.8 Å². The smallest absolute Gasteiger partial charge is 0.335 e. The summed E-state index contributed by atoms with van der Waals surface area (Å²) in [5.41, 5.74) is 1.69. The molecule has 0 radical (unpaired) electrons. The third-order valence-corrected chi connectivity index (χ3v) is 3.71. The van der Waals surface area contributed by atoms with Gasteiger partial charge in [-0.2, -0.15) is 0 Å². The van der Waals surface area contributed by atoms with Crippen molar-refractivity contribution in [3.8, 4) is 23.0 Å². The Morgan fingerprint density at radius 2 is 1.73 bits per heavy atom. The van der Waals surface area contributed by atoms with Gasteiger partial charge in [-0.25, -0.2) is 4.79 Å². The number of aromatic carboxylic acids is 1. The van der Waals surface area contributed by atoms with Crippen LogP contribution in [-0.2, 0) is 6.54 Å². The van der Waals surface area contributed by atoms with E-state index in [0.717, 1.165) is 5.56 Å². The normalized spacial score (nSPS) is 10.4. The summed E-state index contributed by atoms with van der Waals surface area (Å²) >= 11 is 0. The minimum absolute atomic E-state index is 0.232. The molecule has 0 spiro atoms. The number of methoxy groups -OCH3 is 2. The molecule has 0 aliphatic heterocycles. The Balaban J connectivity index is 1.75. The molecule has 3 rings (SSSR count). The van der Waals surface area contributed by atoms with Gasteiger partial charge in [0.1, 0.15) is 17.1 Å². The molecule has 0 saturated carbocycles. The van der Waals surface area contributed by atoms with Crippen LogP contribution in [0.2, 0.25) is 0 Å². The minimum Gasteiger partial charge on any atom is -0.496 e. The lowest BCUT2D eigenvalue weighted by atomic mass is 10.1. The van der Waals surface area contributed by atoms with Crippen molar-refractivity contribution in [3.63, 3.8) is 0 Å². The highest BCUT2D eigenvalue weighted by Crippen LogP contribution is 2.37. The number of nitrogens with zero attached hydrogens (tertiary/aromatic N) is 2. The lowest BCUT2D eigenvalue weighted by Gasteiger charge is -2.09. The molecule has 0 atom stereocenters. The van der Waals surface area contributed by atoms with Crippen LogP contribution in [-0.4, -0.2) is 35.5 Å². The zero-order valence-corrected chi connectivity index (χ0v) is 14.2. The van der Waals surface area contributed by atoms with Crippen molar-refractivity contribution < 1.29 is 23.8 Å². The van der Waals surface area contributed by atoms with E-state index in [-0.39, 0.29) is 17.5 Å². The lowest BCUT2D eigenvalue weighted by molar-refractivity contribution is 0.0697. The number of rotatable bonds is 7. The first-order chi connectivity index (χ1) is 12.6. The predicted octanol–water partition coefficient (Wildman–Crippen LogP) is 3.06. The lowest BCUT2D eigenvalue weighted by Crippen LogP contribution is -2.01. The van der Waals surface area contributed by atoms with Crippen molar-refractivity contribution in [1.82, 2.24) is 10.2 Å². The van der Waals surface area contributed by atoms with Crippen molar-refractivity contribution >= 4 is 12.0 Å². The Morgan fingerprint density at radius 1 is 1.08 bits per heavy atom. The average molecular weight is 355 g/mol. The quantitative estimate of drug-likeness (QED) is 0.666. The van der Waals surface area contributed by atoms with Crippen LogP contribution in [0.5, 0.6) is 11.5 Å². The number of aromatic nitrogens is 2. The molecule has 3 aromatic rings. The minimum atomic E-state index is -0.961. The average Bonchev–Trinajstić information content (AvgIpc) is 3.14. The highest BCUT2D eigenvalue weighted by atomic mass is 16.5. The second-order valence-electron chi connectivity index (χ2n) is 5.31. The maximum absolute atomic E-state index is 10.9. The van der Waals surface area contributed by atoms with E-state index in [4.69, 9.17) is 19.0 Å². The molecule has 1 aromatic heterocycles. The van der Waals surface area contributed by atoms with Crippen LogP contribution in [0.25, 0.3) is 11.5 Å². The highest BCUT2D eigenvalue weighted by molar-refractivity contribution is 5.87. The number of anilines is 1. The Morgan fingerprint density at radius 3 is 2.31 bits per heavy atom. The van der Waals surface area contributed by atoms with E-state index < -0.39 is 5.97 Å². The number of nitrogens with one attached hydrogen (secondary N) is 1. The van der Waals surface area contributed by atoms with Crippen LogP contribution >= 0.6 is 0 Å². The number of hydrogen-bond donors (Lipinski definition) is 2. The second-order valence-corrected chi connectivity index (χ2v) is 5.31. The molecule has 2 aromatic carbocycles. The second kappa shape index (κ2) is 7.56. The van der Waals surface area contributed by atoms with E-state index in [9.17, 15) is 4.79 Å². The van der Waals surface area contributed by atoms with Gasteiger partial charge in [-0.3, -0.25) is 0 Å². The highest BCUT2D eigenvalue weighted by Gasteiger charge is 2.18. The molecule has 1 heterocycles. The molecule has 0 fully saturated rings. The number of carboxylic acids is 1. The summed E-state index contributed by atoms with van der Waals surface area (Å²) < 4.78 is 16.3. The van der Waals surface area contributed by atoms with Crippen LogP contribution in [0.1, 0.15) is 15.9 Å². The Labute approximate surface area is 149 Å². The monoisotopic (exact) mass is 355 g/mol. The van der Waals surface area contributed by atoms with E-state index in [0.29, 0.717) is 23.6 Å². The van der Waals surface area contributed by atoms with Crippen molar-refractivity contribution in [2.45, 2.75) is 6.54 Å². The maximum atomic E-state index is 10.9. The SMILES string of the molecule is COc1cccc(OC)c1-c1nnc(NCc2ccc(C(=O)O)cc2)o1. The largest absolute Gasteiger partial charge is 0.496 e. The number of benzene rings is 2. The van der Waals surface area contributed by atoms with Crippen molar-refractivity contribution in [2.24, 2.45) is 0 Å². The summed E-state index contributed by atoms with van der Waals surface area (Å²) in [6.07, 6.45) is 0. The molecule has 8 nitrogen and oxygen atoms in total. The summed E-state index contributed by atoms with van der Waals surface area (Å²) in [4.78, 5) is 10.9. The Hall–Kier alpha value is -3.55. The van der Waals surface area contributed by atoms with Crippen molar-refractivity contribution in [2.75, 3.05) is 19.5 Å². The Kier molecular flexibility index (Phi) is 5.02. The molecule has 8 heteroatoms. The van der Waals surface area contributed by atoms with Crippen LogP contribution in [0, 0.1) is 0 Å². The fourth-order valence-electron chi connectivity index (χ4n) is 2.40. The van der Waals surface area contributed by atoms with E-state index in [1.165, 1.54) is 12.1 Å². The van der Waals surface area contributed by atoms with Gasteiger partial charge in [0.05, 0.1) is 19.8 Å². The van der Waals surface area contributed by atoms with Gasteiger partial charge in [0.2, 0.25) is 0 Å². The first-order valence-electron chi connectivity index (χ1n) is 7.73. The third-order valence-electron chi connectivity index (χ3n) is 3.71. The molecule has 26 heavy (non-hydrogen) atoms. The van der Waals surface area contributed by atoms with Crippen LogP contribution < -0.4 is 14.8 Å². The predicted molar refractivity (Wildman–Crippen MR) is 93.6 cm³/mol. The summed E-state index contributed by atoms with van der Waals surface area (Å²) in [5.74, 6) is 0.424. The number of carboxylic acid groups (broad SMARTS) is 1. The zero-order chi connectivity index (χ0) is 18.5. The van der Waals surface area contributed by atoms with Crippen molar-refractivity contribution in [3.05, 3.63) is 53.6 Å². The third kappa shape index (κ3) is 3.59. The topological polar surface area (TPSA) is 107 Å². The number of hydrogen-bond acceptors (Lipinski definition) is 7. The van der Waals surface area contributed by atoms with Gasteiger partial charge in [0, 0.05) is 6.54 Å². The fraction of sp³-hybridized carbons (Fsp3) is 0.167. The van der Waals surface area contributed by atoms with Gasteiger partial charge < -0.3 is 24.3 Å². The molecule has 0 aliphatic carbocycles. The van der Waals surface area contributed by atoms with Gasteiger partial charge in [0.25, 0.3) is 5.89 Å². The summed E-state index contributed by atoms with van der Waals surface area (Å²) in [6.45, 7) is 0.407. The number of carbonyl (C=O) groups is 1.